The topological polar surface area (TPSA) is 65.1 Å². The molecule has 0 bridgehead atoms. The molecule has 0 aliphatic carbocycles. The van der Waals surface area contributed by atoms with Gasteiger partial charge < -0.3 is 9.16 Å². The molecule has 182 valence electrons. The Bertz CT molecular complexity index is 847. The van der Waals surface area contributed by atoms with Gasteiger partial charge in [0.1, 0.15) is 11.6 Å². The molecule has 3 atom stereocenters. The standard InChI is InChI=1S/C21H32F3NO5SSi/c1-19(2,3)29-18(26)25-16(13-28-31(25)27)17(30-32(7,8)20(4,5)6)14-9-11-15(12-10-14)21(22,23)24/h9-12,16-17H,13H2,1-8H3/t16-,17+,31?/m1/s1. The van der Waals surface area contributed by atoms with E-state index >= 15 is 0 Å². The van der Waals surface area contributed by atoms with Gasteiger partial charge in [-0.15, -0.1) is 0 Å². The van der Waals surface area contributed by atoms with Crippen LogP contribution in [0.5, 0.6) is 0 Å². The first-order valence-electron chi connectivity index (χ1n) is 10.3. The maximum Gasteiger partial charge on any atom is 0.424 e. The molecule has 1 amide bonds. The van der Waals surface area contributed by atoms with E-state index in [0.29, 0.717) is 5.56 Å². The maximum atomic E-state index is 13.1. The van der Waals surface area contributed by atoms with Crippen LogP contribution >= 0.6 is 0 Å². The lowest BCUT2D eigenvalue weighted by Crippen LogP contribution is -2.49. The number of carbonyl (C=O) groups is 1. The number of carbonyl (C=O) groups excluding carboxylic acids is 1. The summed E-state index contributed by atoms with van der Waals surface area (Å²) in [4.78, 5) is 12.8. The molecule has 0 spiro atoms. The van der Waals surface area contributed by atoms with Gasteiger partial charge in [-0.05, 0) is 56.6 Å². The van der Waals surface area contributed by atoms with E-state index in [-0.39, 0.29) is 11.6 Å². The second-order valence-corrected chi connectivity index (χ2v) is 16.1. The lowest BCUT2D eigenvalue weighted by molar-refractivity contribution is -0.137. The number of hydrogen-bond acceptors (Lipinski definition) is 5. The number of halogens is 3. The zero-order valence-electron chi connectivity index (χ0n) is 19.7. The predicted molar refractivity (Wildman–Crippen MR) is 118 cm³/mol. The molecule has 0 aromatic heterocycles. The molecule has 1 aromatic carbocycles. The molecule has 1 heterocycles. The fraction of sp³-hybridized carbons (Fsp3) is 0.667. The van der Waals surface area contributed by atoms with Gasteiger partial charge in [0.2, 0.25) is 0 Å². The van der Waals surface area contributed by atoms with Crippen LogP contribution < -0.4 is 0 Å². The first kappa shape index (κ1) is 26.8. The van der Waals surface area contributed by atoms with Gasteiger partial charge in [-0.1, -0.05) is 32.9 Å². The zero-order valence-corrected chi connectivity index (χ0v) is 21.5. The van der Waals surface area contributed by atoms with Gasteiger partial charge >= 0.3 is 12.3 Å². The second kappa shape index (κ2) is 9.07. The number of hydrogen-bond donors (Lipinski definition) is 0. The zero-order chi connectivity index (χ0) is 24.7. The third-order valence-electron chi connectivity index (χ3n) is 5.52. The van der Waals surface area contributed by atoms with E-state index in [0.717, 1.165) is 16.4 Å². The molecule has 1 aromatic rings. The van der Waals surface area contributed by atoms with Crippen molar-refractivity contribution in [2.24, 2.45) is 0 Å². The highest BCUT2D eigenvalue weighted by atomic mass is 32.2. The molecule has 32 heavy (non-hydrogen) atoms. The second-order valence-electron chi connectivity index (χ2n) is 10.3. The third kappa shape index (κ3) is 6.33. The molecule has 6 nitrogen and oxygen atoms in total. The Morgan fingerprint density at radius 2 is 1.66 bits per heavy atom. The van der Waals surface area contributed by atoms with Crippen LogP contribution in [0.25, 0.3) is 0 Å². The minimum Gasteiger partial charge on any atom is -0.443 e. The van der Waals surface area contributed by atoms with Crippen LogP contribution in [0.3, 0.4) is 0 Å². The summed E-state index contributed by atoms with van der Waals surface area (Å²) in [6, 6.07) is 3.77. The van der Waals surface area contributed by atoms with Crippen LogP contribution in [0.15, 0.2) is 24.3 Å². The Balaban J connectivity index is 2.50. The van der Waals surface area contributed by atoms with Gasteiger partial charge in [-0.25, -0.2) is 9.00 Å². The molecule has 1 aliphatic heterocycles. The van der Waals surface area contributed by atoms with Crippen molar-refractivity contribution in [3.63, 3.8) is 0 Å². The molecule has 0 saturated carbocycles. The summed E-state index contributed by atoms with van der Waals surface area (Å²) in [5.74, 6) is 0. The highest BCUT2D eigenvalue weighted by molar-refractivity contribution is 7.78. The number of rotatable bonds is 4. The van der Waals surface area contributed by atoms with Crippen molar-refractivity contribution in [3.05, 3.63) is 35.4 Å². The average Bonchev–Trinajstić information content (AvgIpc) is 2.98. The first-order valence-corrected chi connectivity index (χ1v) is 14.2. The van der Waals surface area contributed by atoms with E-state index in [4.69, 9.17) is 13.3 Å². The molecular weight excluding hydrogens is 463 g/mol. The van der Waals surface area contributed by atoms with Gasteiger partial charge in [-0.2, -0.15) is 17.5 Å². The number of nitrogens with zero attached hydrogens (tertiary/aromatic N) is 1. The van der Waals surface area contributed by atoms with Crippen LogP contribution in [0.2, 0.25) is 18.1 Å². The summed E-state index contributed by atoms with van der Waals surface area (Å²) < 4.78 is 69.9. The van der Waals surface area contributed by atoms with Crippen LogP contribution in [0, 0.1) is 0 Å². The van der Waals surface area contributed by atoms with E-state index in [1.165, 1.54) is 12.1 Å². The van der Waals surface area contributed by atoms with Crippen molar-refractivity contribution in [2.45, 2.75) is 83.6 Å². The van der Waals surface area contributed by atoms with Gasteiger partial charge in [0.05, 0.1) is 18.3 Å². The van der Waals surface area contributed by atoms with E-state index in [2.05, 4.69) is 0 Å². The molecule has 0 N–H and O–H groups in total. The molecule has 1 saturated heterocycles. The molecule has 1 fully saturated rings. The van der Waals surface area contributed by atoms with Gasteiger partial charge in [-0.3, -0.25) is 4.18 Å². The lowest BCUT2D eigenvalue weighted by Gasteiger charge is -2.41. The van der Waals surface area contributed by atoms with Crippen molar-refractivity contribution in [1.82, 2.24) is 4.31 Å². The van der Waals surface area contributed by atoms with Crippen LogP contribution in [-0.4, -0.2) is 41.2 Å². The maximum absolute atomic E-state index is 13.1. The normalized spacial score (nSPS) is 21.5. The van der Waals surface area contributed by atoms with Crippen LogP contribution in [-0.2, 0) is 30.8 Å². The highest BCUT2D eigenvalue weighted by Gasteiger charge is 2.48. The van der Waals surface area contributed by atoms with E-state index in [1.54, 1.807) is 20.8 Å². The lowest BCUT2D eigenvalue weighted by atomic mass is 10.0. The van der Waals surface area contributed by atoms with Gasteiger partial charge in [0, 0.05) is 0 Å². The molecule has 1 unspecified atom stereocenters. The summed E-state index contributed by atoms with van der Waals surface area (Å²) >= 11 is -2.10. The Morgan fingerprint density at radius 3 is 2.09 bits per heavy atom. The Labute approximate surface area is 191 Å². The van der Waals surface area contributed by atoms with E-state index < -0.39 is 55.2 Å². The smallest absolute Gasteiger partial charge is 0.424 e. The fourth-order valence-electron chi connectivity index (χ4n) is 2.80. The molecular formula is C21H32F3NO5SSi. The Kier molecular flexibility index (Phi) is 7.60. The molecule has 1 aliphatic rings. The summed E-state index contributed by atoms with van der Waals surface area (Å²) in [5.41, 5.74) is -1.19. The number of alkyl halides is 3. The number of benzene rings is 1. The molecule has 0 radical (unpaired) electrons. The van der Waals surface area contributed by atoms with Crippen molar-refractivity contribution < 1.29 is 35.5 Å². The van der Waals surface area contributed by atoms with E-state index in [9.17, 15) is 22.2 Å². The largest absolute Gasteiger partial charge is 0.443 e. The van der Waals surface area contributed by atoms with Crippen molar-refractivity contribution in [3.8, 4) is 0 Å². The minimum atomic E-state index is -4.48. The first-order chi connectivity index (χ1) is 14.3. The monoisotopic (exact) mass is 495 g/mol. The van der Waals surface area contributed by atoms with Crippen LogP contribution in [0.4, 0.5) is 18.0 Å². The van der Waals surface area contributed by atoms with E-state index in [1.807, 2.05) is 33.9 Å². The van der Waals surface area contributed by atoms with Crippen molar-refractivity contribution in [2.75, 3.05) is 6.61 Å². The summed E-state index contributed by atoms with van der Waals surface area (Å²) in [7, 11) is -2.46. The van der Waals surface area contributed by atoms with Crippen LogP contribution in [0.1, 0.15) is 58.8 Å². The van der Waals surface area contributed by atoms with Gasteiger partial charge in [0.15, 0.2) is 8.32 Å². The molecule has 11 heteroatoms. The fourth-order valence-corrected chi connectivity index (χ4v) is 5.00. The SMILES string of the molecule is CC(C)(C)OC(=O)N1[C@@H]([C@@H](O[Si](C)(C)C(C)(C)C)c2ccc(C(F)(F)F)cc2)COS1=O. The van der Waals surface area contributed by atoms with Crippen molar-refractivity contribution in [1.29, 1.82) is 0 Å². The summed E-state index contributed by atoms with van der Waals surface area (Å²) in [6.45, 7) is 15.0. The molecule has 2 rings (SSSR count). The number of amides is 1. The summed E-state index contributed by atoms with van der Waals surface area (Å²) in [5, 5.41) is -0.216. The number of ether oxygens (including phenoxy) is 1. The quantitative estimate of drug-likeness (QED) is 0.481. The minimum absolute atomic E-state index is 0.105. The summed E-state index contributed by atoms with van der Waals surface area (Å²) in [6.07, 6.45) is -6.17. The highest BCUT2D eigenvalue weighted by Crippen LogP contribution is 2.43. The van der Waals surface area contributed by atoms with Gasteiger partial charge in [0.25, 0.3) is 11.3 Å². The Hall–Kier alpha value is -1.43. The average molecular weight is 496 g/mol. The van der Waals surface area contributed by atoms with Crippen molar-refractivity contribution >= 4 is 25.7 Å². The Morgan fingerprint density at radius 1 is 1.12 bits per heavy atom. The predicted octanol–water partition coefficient (Wildman–Crippen LogP) is 5.98. The third-order valence-corrected chi connectivity index (χ3v) is 11.1.